The van der Waals surface area contributed by atoms with Crippen LogP contribution in [0.3, 0.4) is 0 Å². The molecule has 1 saturated heterocycles. The van der Waals surface area contributed by atoms with Gasteiger partial charge in [-0.1, -0.05) is 0 Å². The molecule has 1 heterocycles. The molecule has 1 fully saturated rings. The number of nitrogens with one attached hydrogen (secondary N) is 1. The molecule has 58 valence electrons. The summed E-state index contributed by atoms with van der Waals surface area (Å²) in [4.78, 5) is 21.1. The van der Waals surface area contributed by atoms with Crippen molar-refractivity contribution in [3.63, 3.8) is 0 Å². The van der Waals surface area contributed by atoms with Crippen LogP contribution in [0.25, 0.3) is 0 Å². The summed E-state index contributed by atoms with van der Waals surface area (Å²) < 4.78 is 0. The van der Waals surface area contributed by atoms with Crippen LogP contribution in [0.2, 0.25) is 0 Å². The molecule has 0 aromatic rings. The molecule has 0 radical (unpaired) electrons. The quantitative estimate of drug-likeness (QED) is 0.499. The van der Waals surface area contributed by atoms with E-state index in [-0.39, 0.29) is 18.2 Å². The van der Waals surface area contributed by atoms with Gasteiger partial charge in [-0.3, -0.25) is 15.0 Å². The maximum absolute atomic E-state index is 10.7. The number of hydrazine groups is 1. The summed E-state index contributed by atoms with van der Waals surface area (Å²) >= 11 is 0. The molecule has 0 aromatic heterocycles. The van der Waals surface area contributed by atoms with Crippen molar-refractivity contribution in [1.29, 1.82) is 5.26 Å². The van der Waals surface area contributed by atoms with Crippen LogP contribution in [0.15, 0.2) is 0 Å². The second-order valence-corrected chi connectivity index (χ2v) is 2.28. The maximum Gasteiger partial charge on any atom is 0.245 e. The van der Waals surface area contributed by atoms with E-state index in [2.05, 4.69) is 5.43 Å². The Balaban J connectivity index is 2.51. The van der Waals surface area contributed by atoms with E-state index in [4.69, 9.17) is 5.26 Å². The summed E-state index contributed by atoms with van der Waals surface area (Å²) in [6.07, 6.45) is 0.205. The van der Waals surface area contributed by atoms with Crippen molar-refractivity contribution >= 4 is 11.8 Å². The van der Waals surface area contributed by atoms with Gasteiger partial charge >= 0.3 is 0 Å². The van der Waals surface area contributed by atoms with Crippen molar-refractivity contribution in [1.82, 2.24) is 10.4 Å². The van der Waals surface area contributed by atoms with Gasteiger partial charge < -0.3 is 0 Å². The van der Waals surface area contributed by atoms with Gasteiger partial charge in [0.1, 0.15) is 6.04 Å². The number of rotatable bonds is 1. The molecule has 0 spiro atoms. The van der Waals surface area contributed by atoms with Crippen LogP contribution in [-0.4, -0.2) is 22.9 Å². The molecule has 0 aliphatic carbocycles. The topological polar surface area (TPSA) is 73.2 Å². The molecule has 1 aliphatic heterocycles. The third kappa shape index (κ3) is 1.29. The highest BCUT2D eigenvalue weighted by molar-refractivity contribution is 5.86. The molecule has 5 nitrogen and oxygen atoms in total. The Hall–Kier alpha value is -1.57. The Morgan fingerprint density at radius 3 is 2.91 bits per heavy atom. The van der Waals surface area contributed by atoms with Crippen LogP contribution < -0.4 is 5.43 Å². The number of hydrogen-bond donors (Lipinski definition) is 1. The summed E-state index contributed by atoms with van der Waals surface area (Å²) in [6, 6.07) is 1.40. The first kappa shape index (κ1) is 7.54. The monoisotopic (exact) mass is 153 g/mol. The zero-order valence-electron chi connectivity index (χ0n) is 6.00. The van der Waals surface area contributed by atoms with E-state index >= 15 is 0 Å². The fraction of sp³-hybridized carbons (Fsp3) is 0.500. The highest BCUT2D eigenvalue weighted by Gasteiger charge is 2.36. The number of carbonyl (C=O) groups is 2. The highest BCUT2D eigenvalue weighted by Crippen LogP contribution is 2.14. The van der Waals surface area contributed by atoms with Crippen LogP contribution in [0.4, 0.5) is 0 Å². The van der Waals surface area contributed by atoms with Crippen molar-refractivity contribution in [3.8, 4) is 6.07 Å². The Morgan fingerprint density at radius 1 is 1.91 bits per heavy atom. The number of amides is 2. The minimum Gasteiger partial charge on any atom is -0.274 e. The van der Waals surface area contributed by atoms with Crippen LogP contribution >= 0.6 is 0 Å². The maximum atomic E-state index is 10.7. The first-order chi connectivity index (χ1) is 5.15. The summed E-state index contributed by atoms with van der Waals surface area (Å²) in [5.74, 6) is -0.551. The average Bonchev–Trinajstić information content (AvgIpc) is 1.95. The van der Waals surface area contributed by atoms with E-state index in [0.717, 1.165) is 5.01 Å². The predicted octanol–water partition coefficient (Wildman–Crippen LogP) is -0.838. The third-order valence-corrected chi connectivity index (χ3v) is 1.38. The largest absolute Gasteiger partial charge is 0.274 e. The molecule has 1 unspecified atom stereocenters. The molecule has 1 atom stereocenters. The fourth-order valence-electron chi connectivity index (χ4n) is 0.830. The second kappa shape index (κ2) is 2.58. The van der Waals surface area contributed by atoms with Crippen molar-refractivity contribution in [2.75, 3.05) is 0 Å². The zero-order chi connectivity index (χ0) is 8.43. The van der Waals surface area contributed by atoms with Crippen molar-refractivity contribution in [2.24, 2.45) is 0 Å². The van der Waals surface area contributed by atoms with Gasteiger partial charge in [0.15, 0.2) is 0 Å². The van der Waals surface area contributed by atoms with Gasteiger partial charge in [0.05, 0.1) is 12.5 Å². The van der Waals surface area contributed by atoms with Gasteiger partial charge in [-0.15, -0.1) is 0 Å². The summed E-state index contributed by atoms with van der Waals surface area (Å²) in [6.45, 7) is 1.29. The molecule has 1 N–H and O–H groups in total. The fourth-order valence-corrected chi connectivity index (χ4v) is 0.830. The number of hydrogen-bond acceptors (Lipinski definition) is 3. The lowest BCUT2D eigenvalue weighted by molar-refractivity contribution is -0.153. The van der Waals surface area contributed by atoms with Gasteiger partial charge in [0, 0.05) is 6.92 Å². The van der Waals surface area contributed by atoms with Crippen molar-refractivity contribution < 1.29 is 9.59 Å². The zero-order valence-corrected chi connectivity index (χ0v) is 6.00. The lowest BCUT2D eigenvalue weighted by Gasteiger charge is -2.34. The van der Waals surface area contributed by atoms with Crippen LogP contribution in [0.1, 0.15) is 13.3 Å². The molecule has 0 aromatic carbocycles. The van der Waals surface area contributed by atoms with E-state index in [1.165, 1.54) is 6.92 Å². The minimum absolute atomic E-state index is 0.205. The van der Waals surface area contributed by atoms with E-state index in [1.807, 2.05) is 6.07 Å². The smallest absolute Gasteiger partial charge is 0.245 e. The first-order valence-electron chi connectivity index (χ1n) is 3.14. The second-order valence-electron chi connectivity index (χ2n) is 2.28. The lowest BCUT2D eigenvalue weighted by Crippen LogP contribution is -2.60. The van der Waals surface area contributed by atoms with E-state index in [9.17, 15) is 9.59 Å². The van der Waals surface area contributed by atoms with Gasteiger partial charge in [-0.05, 0) is 0 Å². The summed E-state index contributed by atoms with van der Waals surface area (Å²) in [7, 11) is 0. The molecule has 0 bridgehead atoms. The highest BCUT2D eigenvalue weighted by atomic mass is 16.2. The SMILES string of the molecule is CC(=O)NN1C(=O)CC1C#N. The van der Waals surface area contributed by atoms with Crippen LogP contribution in [0, 0.1) is 11.3 Å². The lowest BCUT2D eigenvalue weighted by atomic mass is 10.1. The molecule has 5 heteroatoms. The standard InChI is InChI=1S/C6H7N3O2/c1-4(10)8-9-5(3-7)2-6(9)11/h5H,2H2,1H3,(H,8,10). The molecule has 0 saturated carbocycles. The first-order valence-corrected chi connectivity index (χ1v) is 3.14. The Bertz CT molecular complexity index is 243. The Kier molecular flexibility index (Phi) is 1.77. The van der Waals surface area contributed by atoms with Crippen LogP contribution in [-0.2, 0) is 9.59 Å². The van der Waals surface area contributed by atoms with Gasteiger partial charge in [0.2, 0.25) is 11.8 Å². The normalized spacial score (nSPS) is 22.0. The summed E-state index contributed by atoms with van der Waals surface area (Å²) in [5.41, 5.74) is 2.25. The number of carbonyl (C=O) groups excluding carboxylic acids is 2. The predicted molar refractivity (Wildman–Crippen MR) is 34.7 cm³/mol. The van der Waals surface area contributed by atoms with Crippen LogP contribution in [0.5, 0.6) is 0 Å². The van der Waals surface area contributed by atoms with Gasteiger partial charge in [-0.25, -0.2) is 5.01 Å². The molecule has 1 rings (SSSR count). The van der Waals surface area contributed by atoms with E-state index < -0.39 is 6.04 Å². The number of β-lactam (4-membered cyclic amide) rings is 1. The van der Waals surface area contributed by atoms with Crippen molar-refractivity contribution in [2.45, 2.75) is 19.4 Å². The molecule has 11 heavy (non-hydrogen) atoms. The van der Waals surface area contributed by atoms with Gasteiger partial charge in [-0.2, -0.15) is 5.26 Å². The van der Waals surface area contributed by atoms with Crippen molar-refractivity contribution in [3.05, 3.63) is 0 Å². The third-order valence-electron chi connectivity index (χ3n) is 1.38. The Labute approximate surface area is 63.6 Å². The summed E-state index contributed by atoms with van der Waals surface area (Å²) in [5, 5.41) is 9.44. The average molecular weight is 153 g/mol. The molecule has 2 amide bonds. The molecular formula is C6H7N3O2. The van der Waals surface area contributed by atoms with Gasteiger partial charge in [0.25, 0.3) is 0 Å². The molecule has 1 aliphatic rings. The van der Waals surface area contributed by atoms with E-state index in [1.54, 1.807) is 0 Å². The minimum atomic E-state index is -0.480. The number of nitrogens with zero attached hydrogens (tertiary/aromatic N) is 2. The number of nitriles is 1. The van der Waals surface area contributed by atoms with E-state index in [0.29, 0.717) is 0 Å². The Morgan fingerprint density at radius 2 is 2.55 bits per heavy atom. The molecular weight excluding hydrogens is 146 g/mol.